The molecular weight excluding hydrogens is 357 g/mol. The monoisotopic (exact) mass is 381 g/mol. The first-order valence-electron chi connectivity index (χ1n) is 9.72. The number of hydrogen-bond donors (Lipinski definition) is 0. The van der Waals surface area contributed by atoms with Gasteiger partial charge in [0.05, 0.1) is 20.3 Å². The molecule has 0 aliphatic carbocycles. The van der Waals surface area contributed by atoms with Crippen molar-refractivity contribution in [1.82, 2.24) is 4.90 Å². The maximum Gasteiger partial charge on any atom is 0.161 e. The van der Waals surface area contributed by atoms with E-state index in [0.29, 0.717) is 17.5 Å². The van der Waals surface area contributed by atoms with Crippen molar-refractivity contribution in [3.63, 3.8) is 0 Å². The second-order valence-electron chi connectivity index (χ2n) is 7.67. The standard InChI is InChI=1S/C23H24FNO3/c1-26-20-10-16-15-9-13(24)6-7-14(15)22-18(17(16)11-21(20)27-2)12-25-8-4-5-19(25)23(22)28-3/h6-7,9-11,19,23H,4-5,8,12H2,1-3H3/t19-,23+/m0/s1. The number of rotatable bonds is 3. The van der Waals surface area contributed by atoms with Crippen molar-refractivity contribution >= 4 is 21.5 Å². The fourth-order valence-corrected chi connectivity index (χ4v) is 5.19. The van der Waals surface area contributed by atoms with Gasteiger partial charge in [0.2, 0.25) is 0 Å². The third-order valence-electron chi connectivity index (χ3n) is 6.40. The molecule has 0 bridgehead atoms. The molecule has 3 aromatic rings. The van der Waals surface area contributed by atoms with Crippen molar-refractivity contribution in [3.8, 4) is 11.5 Å². The molecule has 0 unspecified atom stereocenters. The van der Waals surface area contributed by atoms with Gasteiger partial charge >= 0.3 is 0 Å². The van der Waals surface area contributed by atoms with E-state index in [1.807, 2.05) is 18.2 Å². The first-order chi connectivity index (χ1) is 13.7. The predicted molar refractivity (Wildman–Crippen MR) is 108 cm³/mol. The highest BCUT2D eigenvalue weighted by Gasteiger charge is 2.40. The van der Waals surface area contributed by atoms with E-state index >= 15 is 0 Å². The van der Waals surface area contributed by atoms with E-state index in [2.05, 4.69) is 4.90 Å². The number of ether oxygens (including phenoxy) is 3. The zero-order valence-corrected chi connectivity index (χ0v) is 16.4. The Labute approximate surface area is 163 Å². The predicted octanol–water partition coefficient (Wildman–Crippen LogP) is 4.81. The van der Waals surface area contributed by atoms with Gasteiger partial charge in [-0.15, -0.1) is 0 Å². The molecule has 28 heavy (non-hydrogen) atoms. The quantitative estimate of drug-likeness (QED) is 0.609. The summed E-state index contributed by atoms with van der Waals surface area (Å²) in [4.78, 5) is 2.52. The van der Waals surface area contributed by atoms with Crippen molar-refractivity contribution in [2.24, 2.45) is 0 Å². The van der Waals surface area contributed by atoms with Crippen LogP contribution in [0.5, 0.6) is 11.5 Å². The Kier molecular flexibility index (Phi) is 4.18. The highest BCUT2D eigenvalue weighted by molar-refractivity contribution is 6.12. The Morgan fingerprint density at radius 3 is 2.36 bits per heavy atom. The minimum Gasteiger partial charge on any atom is -0.493 e. The van der Waals surface area contributed by atoms with Crippen LogP contribution >= 0.6 is 0 Å². The summed E-state index contributed by atoms with van der Waals surface area (Å²) in [6, 6.07) is 9.44. The van der Waals surface area contributed by atoms with Crippen LogP contribution in [0.4, 0.5) is 4.39 Å². The number of nitrogens with zero attached hydrogens (tertiary/aromatic N) is 1. The molecule has 5 heteroatoms. The van der Waals surface area contributed by atoms with Gasteiger partial charge < -0.3 is 14.2 Å². The van der Waals surface area contributed by atoms with Crippen molar-refractivity contribution in [2.45, 2.75) is 31.5 Å². The SMILES string of the molecule is COc1cc2c3c(c4ccc(F)cc4c2cc1OC)[C@H](OC)[C@@H]1CCCN1C3. The first-order valence-corrected chi connectivity index (χ1v) is 9.72. The lowest BCUT2D eigenvalue weighted by Crippen LogP contribution is -2.39. The fraction of sp³-hybridized carbons (Fsp3) is 0.391. The van der Waals surface area contributed by atoms with E-state index < -0.39 is 0 Å². The fourth-order valence-electron chi connectivity index (χ4n) is 5.19. The molecule has 4 nitrogen and oxygen atoms in total. The number of halogens is 1. The molecule has 2 aliphatic heterocycles. The topological polar surface area (TPSA) is 30.9 Å². The largest absolute Gasteiger partial charge is 0.493 e. The van der Waals surface area contributed by atoms with Crippen molar-refractivity contribution in [2.75, 3.05) is 27.9 Å². The third kappa shape index (κ3) is 2.43. The lowest BCUT2D eigenvalue weighted by atomic mass is 9.83. The summed E-state index contributed by atoms with van der Waals surface area (Å²) in [5.41, 5.74) is 2.44. The summed E-state index contributed by atoms with van der Waals surface area (Å²) >= 11 is 0. The van der Waals surface area contributed by atoms with Crippen LogP contribution in [0.3, 0.4) is 0 Å². The molecule has 1 fully saturated rings. The van der Waals surface area contributed by atoms with Crippen LogP contribution in [-0.2, 0) is 11.3 Å². The second-order valence-corrected chi connectivity index (χ2v) is 7.67. The normalized spacial score (nSPS) is 21.7. The van der Waals surface area contributed by atoms with Gasteiger partial charge in [-0.3, -0.25) is 4.90 Å². The summed E-state index contributed by atoms with van der Waals surface area (Å²) < 4.78 is 31.3. The summed E-state index contributed by atoms with van der Waals surface area (Å²) in [6.45, 7) is 1.96. The van der Waals surface area contributed by atoms with Crippen molar-refractivity contribution in [1.29, 1.82) is 0 Å². The molecule has 0 aromatic heterocycles. The summed E-state index contributed by atoms with van der Waals surface area (Å²) in [7, 11) is 5.05. The average molecular weight is 381 g/mol. The van der Waals surface area contributed by atoms with E-state index in [1.165, 1.54) is 17.5 Å². The summed E-state index contributed by atoms with van der Waals surface area (Å²) in [5, 5.41) is 4.02. The van der Waals surface area contributed by atoms with Gasteiger partial charge in [0, 0.05) is 19.7 Å². The second kappa shape index (κ2) is 6.61. The maximum absolute atomic E-state index is 14.2. The smallest absolute Gasteiger partial charge is 0.161 e. The minimum atomic E-state index is -0.240. The molecule has 1 saturated heterocycles. The van der Waals surface area contributed by atoms with E-state index in [9.17, 15) is 4.39 Å². The minimum absolute atomic E-state index is 0.0169. The Morgan fingerprint density at radius 1 is 0.929 bits per heavy atom. The van der Waals surface area contributed by atoms with Gasteiger partial charge in [0.15, 0.2) is 11.5 Å². The molecule has 0 saturated carbocycles. The van der Waals surface area contributed by atoms with Gasteiger partial charge in [-0.25, -0.2) is 4.39 Å². The van der Waals surface area contributed by atoms with Gasteiger partial charge in [-0.2, -0.15) is 0 Å². The number of benzene rings is 3. The molecular formula is C23H24FNO3. The van der Waals surface area contributed by atoms with E-state index in [1.54, 1.807) is 33.5 Å². The van der Waals surface area contributed by atoms with Crippen LogP contribution in [-0.4, -0.2) is 38.8 Å². The Balaban J connectivity index is 1.93. The van der Waals surface area contributed by atoms with E-state index in [-0.39, 0.29) is 11.9 Å². The van der Waals surface area contributed by atoms with Crippen LogP contribution in [0.1, 0.15) is 30.1 Å². The number of hydrogen-bond acceptors (Lipinski definition) is 4. The van der Waals surface area contributed by atoms with Gasteiger partial charge in [0.1, 0.15) is 5.82 Å². The van der Waals surface area contributed by atoms with Crippen LogP contribution in [0, 0.1) is 5.82 Å². The molecule has 146 valence electrons. The molecule has 2 aliphatic rings. The van der Waals surface area contributed by atoms with Crippen molar-refractivity contribution in [3.05, 3.63) is 47.3 Å². The average Bonchev–Trinajstić information content (AvgIpc) is 3.19. The molecule has 5 rings (SSSR count). The van der Waals surface area contributed by atoms with Gasteiger partial charge in [0.25, 0.3) is 0 Å². The third-order valence-corrected chi connectivity index (χ3v) is 6.40. The Bertz CT molecular complexity index is 1080. The molecule has 0 spiro atoms. The first kappa shape index (κ1) is 17.7. The molecule has 0 amide bonds. The molecule has 2 atom stereocenters. The van der Waals surface area contributed by atoms with Crippen LogP contribution < -0.4 is 9.47 Å². The molecule has 0 N–H and O–H groups in total. The maximum atomic E-state index is 14.2. The zero-order valence-electron chi connectivity index (χ0n) is 16.4. The van der Waals surface area contributed by atoms with E-state index in [4.69, 9.17) is 14.2 Å². The van der Waals surface area contributed by atoms with Crippen LogP contribution in [0.25, 0.3) is 21.5 Å². The number of methoxy groups -OCH3 is 3. The summed E-state index contributed by atoms with van der Waals surface area (Å²) in [6.07, 6.45) is 2.29. The van der Waals surface area contributed by atoms with Crippen molar-refractivity contribution < 1.29 is 18.6 Å². The molecule has 2 heterocycles. The van der Waals surface area contributed by atoms with Crippen LogP contribution in [0.15, 0.2) is 30.3 Å². The van der Waals surface area contributed by atoms with Gasteiger partial charge in [-0.05, 0) is 76.3 Å². The van der Waals surface area contributed by atoms with E-state index in [0.717, 1.165) is 41.1 Å². The summed E-state index contributed by atoms with van der Waals surface area (Å²) in [5.74, 6) is 1.10. The van der Waals surface area contributed by atoms with Gasteiger partial charge in [-0.1, -0.05) is 6.07 Å². The number of fused-ring (bicyclic) bond motifs is 7. The Morgan fingerprint density at radius 2 is 1.64 bits per heavy atom. The lowest BCUT2D eigenvalue weighted by molar-refractivity contribution is 0.0164. The Hall–Kier alpha value is -2.37. The zero-order chi connectivity index (χ0) is 19.4. The highest BCUT2D eigenvalue weighted by Crippen LogP contribution is 2.47. The lowest BCUT2D eigenvalue weighted by Gasteiger charge is -2.39. The highest BCUT2D eigenvalue weighted by atomic mass is 19.1. The molecule has 0 radical (unpaired) electrons. The molecule has 3 aromatic carbocycles. The van der Waals surface area contributed by atoms with Crippen LogP contribution in [0.2, 0.25) is 0 Å².